The quantitative estimate of drug-likeness (QED) is 0.861. The highest BCUT2D eigenvalue weighted by Crippen LogP contribution is 2.18. The molecule has 0 aromatic carbocycles. The van der Waals surface area contributed by atoms with E-state index < -0.39 is 0 Å². The number of nitrogens with one attached hydrogen (secondary N) is 1. The van der Waals surface area contributed by atoms with Crippen LogP contribution in [-0.4, -0.2) is 46.3 Å². The normalized spacial score (nSPS) is 14.7. The summed E-state index contributed by atoms with van der Waals surface area (Å²) in [5.41, 5.74) is 2.09. The number of hydrogen-bond acceptors (Lipinski definition) is 4. The minimum atomic E-state index is -0.101. The molecule has 3 rings (SSSR count). The summed E-state index contributed by atoms with van der Waals surface area (Å²) in [5.74, 6) is 2.10. The number of furan rings is 1. The third kappa shape index (κ3) is 4.66. The second-order valence-electron chi connectivity index (χ2n) is 7.09. The zero-order valence-corrected chi connectivity index (χ0v) is 16.0. The number of amides is 2. The van der Waals surface area contributed by atoms with E-state index in [0.717, 1.165) is 62.7 Å². The van der Waals surface area contributed by atoms with Crippen LogP contribution in [0.1, 0.15) is 42.7 Å². The summed E-state index contributed by atoms with van der Waals surface area (Å²) in [7, 11) is 3.46. The molecule has 2 aromatic heterocycles. The Morgan fingerprint density at radius 2 is 2.12 bits per heavy atom. The molecule has 0 spiro atoms. The van der Waals surface area contributed by atoms with Crippen molar-refractivity contribution in [2.45, 2.75) is 52.4 Å². The predicted molar refractivity (Wildman–Crippen MR) is 99.6 cm³/mol. The van der Waals surface area contributed by atoms with Gasteiger partial charge in [-0.2, -0.15) is 5.10 Å². The topological polar surface area (TPSA) is 66.5 Å². The lowest BCUT2D eigenvalue weighted by Crippen LogP contribution is -2.34. The maximum atomic E-state index is 11.7. The molecule has 0 bridgehead atoms. The highest BCUT2D eigenvalue weighted by atomic mass is 16.3. The van der Waals surface area contributed by atoms with Crippen molar-refractivity contribution in [1.82, 2.24) is 24.9 Å². The first-order chi connectivity index (χ1) is 12.5. The highest BCUT2D eigenvalue weighted by Gasteiger charge is 2.18. The first-order valence-electron chi connectivity index (χ1n) is 9.36. The molecule has 1 N–H and O–H groups in total. The molecule has 2 aromatic rings. The van der Waals surface area contributed by atoms with Crippen LogP contribution in [0.25, 0.3) is 0 Å². The van der Waals surface area contributed by atoms with E-state index in [1.807, 2.05) is 0 Å². The van der Waals surface area contributed by atoms with Gasteiger partial charge in [-0.05, 0) is 31.0 Å². The Bertz CT molecular complexity index is 734. The summed E-state index contributed by atoms with van der Waals surface area (Å²) < 4.78 is 8.00. The molecule has 0 saturated heterocycles. The van der Waals surface area contributed by atoms with Crippen molar-refractivity contribution >= 4 is 6.03 Å². The lowest BCUT2D eigenvalue weighted by molar-refractivity contribution is 0.217. The molecule has 7 heteroatoms. The Kier molecular flexibility index (Phi) is 5.98. The minimum Gasteiger partial charge on any atom is -0.465 e. The van der Waals surface area contributed by atoms with Crippen LogP contribution >= 0.6 is 0 Å². The van der Waals surface area contributed by atoms with Gasteiger partial charge in [-0.1, -0.05) is 6.92 Å². The third-order valence-electron chi connectivity index (χ3n) is 4.56. The average molecular weight is 359 g/mol. The van der Waals surface area contributed by atoms with Gasteiger partial charge in [0, 0.05) is 40.2 Å². The van der Waals surface area contributed by atoms with Gasteiger partial charge in [0.15, 0.2) is 0 Å². The summed E-state index contributed by atoms with van der Waals surface area (Å²) in [6.45, 7) is 6.22. The molecule has 26 heavy (non-hydrogen) atoms. The number of urea groups is 1. The molecule has 1 aliphatic rings. The standard InChI is InChI=1S/C19H29N5O2/c1-4-6-17-7-8-18(26-17)14-23-9-5-10-24-16(13-23)11-15(21-24)12-20-19(25)22(2)3/h7-8,11H,4-6,9-10,12-14H2,1-3H3,(H,20,25). The number of carbonyl (C=O) groups is 1. The number of fused-ring (bicyclic) bond motifs is 1. The van der Waals surface area contributed by atoms with Crippen molar-refractivity contribution in [3.63, 3.8) is 0 Å². The highest BCUT2D eigenvalue weighted by molar-refractivity contribution is 5.73. The molecule has 1 aliphatic heterocycles. The van der Waals surface area contributed by atoms with Gasteiger partial charge in [-0.3, -0.25) is 9.58 Å². The average Bonchev–Trinajstić information content (AvgIpc) is 3.15. The lowest BCUT2D eigenvalue weighted by Gasteiger charge is -2.17. The molecule has 0 fully saturated rings. The Balaban J connectivity index is 1.61. The smallest absolute Gasteiger partial charge is 0.317 e. The van der Waals surface area contributed by atoms with Gasteiger partial charge in [0.2, 0.25) is 0 Å². The Morgan fingerprint density at radius 3 is 2.88 bits per heavy atom. The SMILES string of the molecule is CCCc1ccc(CN2CCCn3nc(CNC(=O)N(C)C)cc3C2)o1. The molecule has 142 valence electrons. The first-order valence-corrected chi connectivity index (χ1v) is 9.36. The van der Waals surface area contributed by atoms with Crippen LogP contribution in [0.2, 0.25) is 0 Å². The van der Waals surface area contributed by atoms with Crippen LogP contribution in [0.15, 0.2) is 22.6 Å². The van der Waals surface area contributed by atoms with E-state index in [9.17, 15) is 4.79 Å². The van der Waals surface area contributed by atoms with E-state index in [1.165, 1.54) is 10.6 Å². The maximum absolute atomic E-state index is 11.7. The summed E-state index contributed by atoms with van der Waals surface area (Å²) in [4.78, 5) is 15.6. The Morgan fingerprint density at radius 1 is 1.31 bits per heavy atom. The fourth-order valence-corrected chi connectivity index (χ4v) is 3.24. The van der Waals surface area contributed by atoms with Gasteiger partial charge < -0.3 is 14.6 Å². The van der Waals surface area contributed by atoms with E-state index in [2.05, 4.69) is 45.1 Å². The van der Waals surface area contributed by atoms with Crippen LogP contribution in [0.5, 0.6) is 0 Å². The number of carbonyl (C=O) groups excluding carboxylic acids is 1. The zero-order chi connectivity index (χ0) is 18.5. The summed E-state index contributed by atoms with van der Waals surface area (Å²) >= 11 is 0. The number of aryl methyl sites for hydroxylation is 2. The summed E-state index contributed by atoms with van der Waals surface area (Å²) in [6.07, 6.45) is 3.15. The number of hydrogen-bond donors (Lipinski definition) is 1. The molecule has 0 radical (unpaired) electrons. The first kappa shape index (κ1) is 18.5. The van der Waals surface area contributed by atoms with Crippen molar-refractivity contribution in [3.8, 4) is 0 Å². The summed E-state index contributed by atoms with van der Waals surface area (Å²) in [6, 6.07) is 6.18. The van der Waals surface area contributed by atoms with E-state index in [0.29, 0.717) is 6.54 Å². The zero-order valence-electron chi connectivity index (χ0n) is 16.0. The van der Waals surface area contributed by atoms with Gasteiger partial charge in [0.1, 0.15) is 11.5 Å². The fraction of sp³-hybridized carbons (Fsp3) is 0.579. The lowest BCUT2D eigenvalue weighted by atomic mass is 10.3. The molecule has 0 saturated carbocycles. The number of aromatic nitrogens is 2. The van der Waals surface area contributed by atoms with Crippen molar-refractivity contribution in [1.29, 1.82) is 0 Å². The molecule has 0 aliphatic carbocycles. The van der Waals surface area contributed by atoms with Crippen LogP contribution in [0, 0.1) is 0 Å². The van der Waals surface area contributed by atoms with Crippen LogP contribution < -0.4 is 5.32 Å². The van der Waals surface area contributed by atoms with Crippen LogP contribution in [0.3, 0.4) is 0 Å². The monoisotopic (exact) mass is 359 g/mol. The Labute approximate surface area is 154 Å². The third-order valence-corrected chi connectivity index (χ3v) is 4.56. The van der Waals surface area contributed by atoms with Gasteiger partial charge >= 0.3 is 6.03 Å². The van der Waals surface area contributed by atoms with Crippen molar-refractivity contribution in [3.05, 3.63) is 41.1 Å². The predicted octanol–water partition coefficient (Wildman–Crippen LogP) is 2.61. The minimum absolute atomic E-state index is 0.101. The second kappa shape index (κ2) is 8.40. The van der Waals surface area contributed by atoms with Gasteiger partial charge in [-0.25, -0.2) is 4.79 Å². The van der Waals surface area contributed by atoms with Crippen molar-refractivity contribution in [2.75, 3.05) is 20.6 Å². The molecule has 3 heterocycles. The molecule has 7 nitrogen and oxygen atoms in total. The maximum Gasteiger partial charge on any atom is 0.317 e. The number of nitrogens with zero attached hydrogens (tertiary/aromatic N) is 4. The molecule has 0 atom stereocenters. The Hall–Kier alpha value is -2.28. The van der Waals surface area contributed by atoms with Crippen molar-refractivity contribution < 1.29 is 9.21 Å². The molecular weight excluding hydrogens is 330 g/mol. The number of rotatable bonds is 6. The molecule has 2 amide bonds. The van der Waals surface area contributed by atoms with Crippen LogP contribution in [0.4, 0.5) is 4.79 Å². The van der Waals surface area contributed by atoms with E-state index in [4.69, 9.17) is 4.42 Å². The molecular formula is C19H29N5O2. The van der Waals surface area contributed by atoms with Crippen LogP contribution in [-0.2, 0) is 32.6 Å². The van der Waals surface area contributed by atoms with Gasteiger partial charge in [0.25, 0.3) is 0 Å². The largest absolute Gasteiger partial charge is 0.465 e. The fourth-order valence-electron chi connectivity index (χ4n) is 3.24. The van der Waals surface area contributed by atoms with Crippen molar-refractivity contribution in [2.24, 2.45) is 0 Å². The van der Waals surface area contributed by atoms with E-state index in [1.54, 1.807) is 14.1 Å². The van der Waals surface area contributed by atoms with E-state index >= 15 is 0 Å². The van der Waals surface area contributed by atoms with Gasteiger partial charge in [0.05, 0.1) is 24.5 Å². The van der Waals surface area contributed by atoms with E-state index in [-0.39, 0.29) is 6.03 Å². The molecule has 0 unspecified atom stereocenters. The van der Waals surface area contributed by atoms with Gasteiger partial charge in [-0.15, -0.1) is 0 Å². The summed E-state index contributed by atoms with van der Waals surface area (Å²) in [5, 5.41) is 7.52. The second-order valence-corrected chi connectivity index (χ2v) is 7.09.